The molecule has 0 bridgehead atoms. The normalized spacial score (nSPS) is 18.1. The molecule has 1 aromatic rings. The summed E-state index contributed by atoms with van der Waals surface area (Å²) in [5.74, 6) is 0.712. The van der Waals surface area contributed by atoms with E-state index >= 15 is 0 Å². The molecule has 2 rings (SSSR count). The lowest BCUT2D eigenvalue weighted by Crippen LogP contribution is -2.50. The van der Waals surface area contributed by atoms with Crippen molar-refractivity contribution in [2.45, 2.75) is 39.3 Å². The van der Waals surface area contributed by atoms with Gasteiger partial charge in [0.1, 0.15) is 5.76 Å². The molecular weight excluding hydrogens is 296 g/mol. The maximum Gasteiger partial charge on any atom is 0.373 e. The lowest BCUT2D eigenvalue weighted by Gasteiger charge is -2.38. The zero-order valence-electron chi connectivity index (χ0n) is 14.4. The fraction of sp³-hybridized carbons (Fsp3) is 0.706. The van der Waals surface area contributed by atoms with Crippen molar-refractivity contribution < 1.29 is 19.1 Å². The molecule has 23 heavy (non-hydrogen) atoms. The SMILES string of the molecule is CCc1oc(C(=O)OC)cc1CN1CCN(C(CC)CO)CC1. The summed E-state index contributed by atoms with van der Waals surface area (Å²) in [6, 6.07) is 2.07. The van der Waals surface area contributed by atoms with Crippen molar-refractivity contribution in [3.8, 4) is 0 Å². The van der Waals surface area contributed by atoms with Crippen molar-refractivity contribution in [3.05, 3.63) is 23.2 Å². The molecule has 0 spiro atoms. The molecule has 6 nitrogen and oxygen atoms in total. The molecule has 1 aromatic heterocycles. The maximum absolute atomic E-state index is 11.6. The van der Waals surface area contributed by atoms with Gasteiger partial charge in [0.25, 0.3) is 0 Å². The second-order valence-corrected chi connectivity index (χ2v) is 5.96. The minimum Gasteiger partial charge on any atom is -0.463 e. The number of esters is 1. The third-order valence-electron chi connectivity index (χ3n) is 4.60. The zero-order valence-corrected chi connectivity index (χ0v) is 14.4. The lowest BCUT2D eigenvalue weighted by molar-refractivity contribution is 0.0563. The number of hydrogen-bond acceptors (Lipinski definition) is 6. The standard InChI is InChI=1S/C17H28N2O4/c1-4-14(12-20)19-8-6-18(7-9-19)11-13-10-16(17(21)22-3)23-15(13)5-2/h10,14,20H,4-9,11-12H2,1-3H3. The minimum atomic E-state index is -0.426. The van der Waals surface area contributed by atoms with Crippen molar-refractivity contribution in [1.29, 1.82) is 0 Å². The van der Waals surface area contributed by atoms with Crippen LogP contribution in [0.4, 0.5) is 0 Å². The van der Waals surface area contributed by atoms with Crippen molar-refractivity contribution in [2.24, 2.45) is 0 Å². The Hall–Kier alpha value is -1.37. The van der Waals surface area contributed by atoms with Gasteiger partial charge in [-0.1, -0.05) is 13.8 Å². The Bertz CT molecular complexity index is 503. The Balaban J connectivity index is 1.96. The van der Waals surface area contributed by atoms with Crippen LogP contribution >= 0.6 is 0 Å². The number of hydrogen-bond donors (Lipinski definition) is 1. The van der Waals surface area contributed by atoms with E-state index in [-0.39, 0.29) is 18.4 Å². The highest BCUT2D eigenvalue weighted by molar-refractivity contribution is 5.86. The van der Waals surface area contributed by atoms with Crippen LogP contribution in [0.5, 0.6) is 0 Å². The average Bonchev–Trinajstić information content (AvgIpc) is 2.99. The predicted octanol–water partition coefficient (Wildman–Crippen LogP) is 1.52. The first-order valence-corrected chi connectivity index (χ1v) is 8.40. The molecule has 2 heterocycles. The van der Waals surface area contributed by atoms with E-state index in [1.807, 2.05) is 6.92 Å². The molecule has 0 amide bonds. The van der Waals surface area contributed by atoms with E-state index in [4.69, 9.17) is 9.15 Å². The number of carbonyl (C=O) groups is 1. The lowest BCUT2D eigenvalue weighted by atomic mass is 10.1. The van der Waals surface area contributed by atoms with E-state index in [0.717, 1.165) is 56.9 Å². The summed E-state index contributed by atoms with van der Waals surface area (Å²) in [5.41, 5.74) is 1.07. The molecule has 130 valence electrons. The Morgan fingerprint density at radius 1 is 1.35 bits per heavy atom. The van der Waals surface area contributed by atoms with Gasteiger partial charge in [-0.2, -0.15) is 0 Å². The number of rotatable bonds is 7. The summed E-state index contributed by atoms with van der Waals surface area (Å²) >= 11 is 0. The summed E-state index contributed by atoms with van der Waals surface area (Å²) in [6.45, 7) is 8.98. The van der Waals surface area contributed by atoms with Gasteiger partial charge in [0.2, 0.25) is 5.76 Å². The Morgan fingerprint density at radius 2 is 2.04 bits per heavy atom. The molecule has 1 aliphatic heterocycles. The molecule has 1 N–H and O–H groups in total. The van der Waals surface area contributed by atoms with Crippen molar-refractivity contribution in [2.75, 3.05) is 39.9 Å². The van der Waals surface area contributed by atoms with Crippen LogP contribution in [0.3, 0.4) is 0 Å². The van der Waals surface area contributed by atoms with Gasteiger partial charge < -0.3 is 14.3 Å². The molecular formula is C17H28N2O4. The van der Waals surface area contributed by atoms with Crippen LogP contribution in [0.1, 0.15) is 42.1 Å². The van der Waals surface area contributed by atoms with Crippen LogP contribution in [0, 0.1) is 0 Å². The highest BCUT2D eigenvalue weighted by Crippen LogP contribution is 2.20. The first-order valence-electron chi connectivity index (χ1n) is 8.40. The molecule has 1 fully saturated rings. The second kappa shape index (κ2) is 8.47. The molecule has 1 saturated heterocycles. The van der Waals surface area contributed by atoms with E-state index < -0.39 is 5.97 Å². The van der Waals surface area contributed by atoms with Gasteiger partial charge >= 0.3 is 5.97 Å². The van der Waals surface area contributed by atoms with Crippen LogP contribution in [0.25, 0.3) is 0 Å². The Morgan fingerprint density at radius 3 is 2.57 bits per heavy atom. The third-order valence-corrected chi connectivity index (χ3v) is 4.60. The fourth-order valence-electron chi connectivity index (χ4n) is 3.13. The summed E-state index contributed by atoms with van der Waals surface area (Å²) in [7, 11) is 1.36. The highest BCUT2D eigenvalue weighted by atomic mass is 16.5. The van der Waals surface area contributed by atoms with E-state index in [1.54, 1.807) is 6.07 Å². The summed E-state index contributed by atoms with van der Waals surface area (Å²) in [6.07, 6.45) is 1.73. The molecule has 6 heteroatoms. The van der Waals surface area contributed by atoms with E-state index in [1.165, 1.54) is 7.11 Å². The zero-order chi connectivity index (χ0) is 16.8. The fourth-order valence-corrected chi connectivity index (χ4v) is 3.13. The third kappa shape index (κ3) is 4.34. The van der Waals surface area contributed by atoms with Crippen LogP contribution in [-0.2, 0) is 17.7 Å². The average molecular weight is 324 g/mol. The van der Waals surface area contributed by atoms with E-state index in [9.17, 15) is 9.90 Å². The number of furan rings is 1. The summed E-state index contributed by atoms with van der Waals surface area (Å²) < 4.78 is 10.3. The highest BCUT2D eigenvalue weighted by Gasteiger charge is 2.24. The number of piperazine rings is 1. The number of carbonyl (C=O) groups excluding carboxylic acids is 1. The molecule has 1 aliphatic rings. The molecule has 0 radical (unpaired) electrons. The maximum atomic E-state index is 11.6. The minimum absolute atomic E-state index is 0.223. The van der Waals surface area contributed by atoms with Gasteiger partial charge in [0, 0.05) is 50.7 Å². The monoisotopic (exact) mass is 324 g/mol. The van der Waals surface area contributed by atoms with Crippen LogP contribution < -0.4 is 0 Å². The quantitative estimate of drug-likeness (QED) is 0.767. The van der Waals surface area contributed by atoms with Gasteiger partial charge in [-0.25, -0.2) is 4.79 Å². The van der Waals surface area contributed by atoms with Crippen molar-refractivity contribution in [1.82, 2.24) is 9.80 Å². The molecule has 1 atom stereocenters. The summed E-state index contributed by atoms with van der Waals surface area (Å²) in [5, 5.41) is 9.41. The van der Waals surface area contributed by atoms with Crippen molar-refractivity contribution >= 4 is 5.97 Å². The number of nitrogens with zero attached hydrogens (tertiary/aromatic N) is 2. The summed E-state index contributed by atoms with van der Waals surface area (Å²) in [4.78, 5) is 16.3. The van der Waals surface area contributed by atoms with Gasteiger partial charge in [0.05, 0.1) is 13.7 Å². The Kier molecular flexibility index (Phi) is 6.62. The van der Waals surface area contributed by atoms with Crippen LogP contribution in [-0.4, -0.2) is 66.8 Å². The van der Waals surface area contributed by atoms with E-state index in [2.05, 4.69) is 16.7 Å². The number of aliphatic hydroxyl groups excluding tert-OH is 1. The Labute approximate surface area is 138 Å². The predicted molar refractivity (Wildman–Crippen MR) is 87.4 cm³/mol. The molecule has 0 aliphatic carbocycles. The number of aliphatic hydroxyl groups is 1. The van der Waals surface area contributed by atoms with Crippen LogP contribution in [0.15, 0.2) is 10.5 Å². The smallest absolute Gasteiger partial charge is 0.373 e. The largest absolute Gasteiger partial charge is 0.463 e. The van der Waals surface area contributed by atoms with Gasteiger partial charge in [-0.3, -0.25) is 9.80 Å². The van der Waals surface area contributed by atoms with Gasteiger partial charge in [-0.15, -0.1) is 0 Å². The van der Waals surface area contributed by atoms with Gasteiger partial charge in [0.15, 0.2) is 0 Å². The second-order valence-electron chi connectivity index (χ2n) is 5.96. The first-order chi connectivity index (χ1) is 11.1. The number of methoxy groups -OCH3 is 1. The first kappa shape index (κ1) is 18.0. The number of ether oxygens (including phenoxy) is 1. The van der Waals surface area contributed by atoms with Crippen molar-refractivity contribution in [3.63, 3.8) is 0 Å². The molecule has 1 unspecified atom stereocenters. The number of aryl methyl sites for hydroxylation is 1. The molecule has 0 saturated carbocycles. The molecule has 0 aromatic carbocycles. The topological polar surface area (TPSA) is 66.2 Å². The van der Waals surface area contributed by atoms with Gasteiger partial charge in [-0.05, 0) is 12.5 Å². The van der Waals surface area contributed by atoms with Crippen LogP contribution in [0.2, 0.25) is 0 Å². The van der Waals surface area contributed by atoms with E-state index in [0.29, 0.717) is 0 Å².